The molecule has 1 atom stereocenters. The third kappa shape index (κ3) is 3.34. The summed E-state index contributed by atoms with van der Waals surface area (Å²) < 4.78 is 1.92. The Balaban J connectivity index is 1.25. The highest BCUT2D eigenvalue weighted by Gasteiger charge is 2.24. The Labute approximate surface area is 193 Å². The lowest BCUT2D eigenvalue weighted by atomic mass is 9.89. The van der Waals surface area contributed by atoms with Crippen molar-refractivity contribution in [3.63, 3.8) is 0 Å². The van der Waals surface area contributed by atoms with E-state index < -0.39 is 0 Å². The summed E-state index contributed by atoms with van der Waals surface area (Å²) in [4.78, 5) is 19.8. The fraction of sp³-hybridized carbons (Fsp3) is 0.250. The van der Waals surface area contributed by atoms with Gasteiger partial charge >= 0.3 is 0 Å². The smallest absolute Gasteiger partial charge is 0.234 e. The minimum atomic E-state index is -0.0703. The molecule has 1 amide bonds. The molecule has 1 N–H and O–H groups in total. The second-order valence-electron chi connectivity index (χ2n) is 8.32. The molecule has 2 aromatic carbocycles. The van der Waals surface area contributed by atoms with Gasteiger partial charge in [0, 0.05) is 16.0 Å². The molecule has 3 heterocycles. The summed E-state index contributed by atoms with van der Waals surface area (Å²) in [5.41, 5.74) is 3.06. The van der Waals surface area contributed by atoms with E-state index >= 15 is 0 Å². The minimum Gasteiger partial charge on any atom is -0.325 e. The molecule has 160 valence electrons. The first-order valence-electron chi connectivity index (χ1n) is 10.7. The zero-order valence-electron chi connectivity index (χ0n) is 17.5. The van der Waals surface area contributed by atoms with Crippen LogP contribution in [0.3, 0.4) is 0 Å². The summed E-state index contributed by atoms with van der Waals surface area (Å²) in [6.07, 6.45) is 5.17. The second kappa shape index (κ2) is 7.86. The van der Waals surface area contributed by atoms with Gasteiger partial charge < -0.3 is 5.32 Å². The van der Waals surface area contributed by atoms with Gasteiger partial charge in [0.05, 0.1) is 11.1 Å². The van der Waals surface area contributed by atoms with Gasteiger partial charge in [-0.25, -0.2) is 4.98 Å². The maximum atomic E-state index is 12.7. The average molecular weight is 460 g/mol. The van der Waals surface area contributed by atoms with E-state index in [1.807, 2.05) is 46.9 Å². The van der Waals surface area contributed by atoms with E-state index in [1.54, 1.807) is 17.7 Å². The number of anilines is 1. The number of nitrogens with zero attached hydrogens (tertiary/aromatic N) is 4. The molecule has 1 aliphatic rings. The van der Waals surface area contributed by atoms with Crippen LogP contribution in [0.1, 0.15) is 23.8 Å². The molecule has 0 saturated carbocycles. The monoisotopic (exact) mass is 459 g/mol. The summed E-state index contributed by atoms with van der Waals surface area (Å²) in [5, 5.41) is 15.8. The number of fused-ring (bicyclic) bond motifs is 6. The van der Waals surface area contributed by atoms with Gasteiger partial charge in [-0.2, -0.15) is 0 Å². The molecule has 6 nitrogen and oxygen atoms in total. The summed E-state index contributed by atoms with van der Waals surface area (Å²) in [5.74, 6) is 0.899. The van der Waals surface area contributed by atoms with Crippen LogP contribution in [0, 0.1) is 5.92 Å². The molecule has 6 rings (SSSR count). The van der Waals surface area contributed by atoms with E-state index in [1.165, 1.54) is 28.6 Å². The van der Waals surface area contributed by atoms with Gasteiger partial charge in [0.25, 0.3) is 0 Å². The molecular formula is C24H21N5OS2. The lowest BCUT2D eigenvalue weighted by molar-refractivity contribution is -0.113. The number of benzene rings is 2. The number of hydrogen-bond donors (Lipinski definition) is 1. The normalized spacial score (nSPS) is 16.0. The van der Waals surface area contributed by atoms with Gasteiger partial charge in [0.2, 0.25) is 5.91 Å². The Morgan fingerprint density at radius 2 is 2.09 bits per heavy atom. The first-order chi connectivity index (χ1) is 15.7. The minimum absolute atomic E-state index is 0.0703. The number of thioether (sulfide) groups is 1. The number of rotatable bonds is 4. The van der Waals surface area contributed by atoms with Crippen molar-refractivity contribution in [1.29, 1.82) is 0 Å². The molecule has 8 heteroatoms. The average Bonchev–Trinajstić information content (AvgIpc) is 3.38. The van der Waals surface area contributed by atoms with Gasteiger partial charge in [0.15, 0.2) is 10.8 Å². The zero-order valence-corrected chi connectivity index (χ0v) is 19.2. The van der Waals surface area contributed by atoms with Gasteiger partial charge in [-0.05, 0) is 42.2 Å². The maximum absolute atomic E-state index is 12.7. The Kier molecular flexibility index (Phi) is 4.84. The van der Waals surface area contributed by atoms with Crippen LogP contribution < -0.4 is 5.32 Å². The predicted molar refractivity (Wildman–Crippen MR) is 131 cm³/mol. The van der Waals surface area contributed by atoms with E-state index in [0.717, 1.165) is 51.1 Å². The summed E-state index contributed by atoms with van der Waals surface area (Å²) >= 11 is 3.16. The van der Waals surface area contributed by atoms with Crippen molar-refractivity contribution in [2.45, 2.75) is 31.3 Å². The van der Waals surface area contributed by atoms with Gasteiger partial charge in [-0.15, -0.1) is 21.5 Å². The number of nitrogens with one attached hydrogen (secondary N) is 1. The fourth-order valence-electron chi connectivity index (χ4n) is 4.47. The van der Waals surface area contributed by atoms with Crippen molar-refractivity contribution < 1.29 is 4.79 Å². The van der Waals surface area contributed by atoms with Crippen molar-refractivity contribution in [2.75, 3.05) is 11.1 Å². The summed E-state index contributed by atoms with van der Waals surface area (Å²) in [6, 6.07) is 14.0. The molecule has 0 aliphatic heterocycles. The summed E-state index contributed by atoms with van der Waals surface area (Å²) in [6.45, 7) is 2.31. The van der Waals surface area contributed by atoms with Crippen LogP contribution in [0.4, 0.5) is 5.69 Å². The highest BCUT2D eigenvalue weighted by molar-refractivity contribution is 7.99. The molecule has 0 radical (unpaired) electrons. The SMILES string of the molecule is C[C@@H]1CCc2c(sc3ncn4c(SCC(=O)Nc5cccc6ccccc56)nnc4c23)C1. The highest BCUT2D eigenvalue weighted by atomic mass is 32.2. The molecule has 0 fully saturated rings. The first kappa shape index (κ1) is 19.7. The van der Waals surface area contributed by atoms with E-state index in [0.29, 0.717) is 5.16 Å². The Hall–Kier alpha value is -2.97. The molecule has 1 aliphatic carbocycles. The number of aryl methyl sites for hydroxylation is 1. The molecule has 0 saturated heterocycles. The molecule has 3 aromatic heterocycles. The standard InChI is InChI=1S/C24H21N5OS2/c1-14-9-10-17-19(11-14)32-23-21(17)22-27-28-24(29(22)13-25-23)31-12-20(30)26-18-8-4-6-15-5-2-3-7-16(15)18/h2-8,13-14H,9-12H2,1H3,(H,26,30)/t14-/m1/s1. The predicted octanol–water partition coefficient (Wildman–Crippen LogP) is 5.35. The number of carbonyl (C=O) groups excluding carboxylic acids is 1. The van der Waals surface area contributed by atoms with Crippen LogP contribution in [0.2, 0.25) is 0 Å². The molecule has 0 unspecified atom stereocenters. The number of hydrogen-bond acceptors (Lipinski definition) is 6. The van der Waals surface area contributed by atoms with Crippen LogP contribution in [0.25, 0.3) is 26.6 Å². The van der Waals surface area contributed by atoms with Crippen LogP contribution in [0.5, 0.6) is 0 Å². The Bertz CT molecular complexity index is 1480. The van der Waals surface area contributed by atoms with E-state index in [4.69, 9.17) is 0 Å². The van der Waals surface area contributed by atoms with Gasteiger partial charge in [-0.3, -0.25) is 9.20 Å². The van der Waals surface area contributed by atoms with Gasteiger partial charge in [0.1, 0.15) is 11.2 Å². The number of amides is 1. The van der Waals surface area contributed by atoms with E-state index in [9.17, 15) is 4.79 Å². The maximum Gasteiger partial charge on any atom is 0.234 e. The molecular weight excluding hydrogens is 438 g/mol. The quantitative estimate of drug-likeness (QED) is 0.367. The van der Waals surface area contributed by atoms with Crippen molar-refractivity contribution in [1.82, 2.24) is 19.6 Å². The molecule has 5 aromatic rings. The topological polar surface area (TPSA) is 72.2 Å². The Morgan fingerprint density at radius 3 is 3.03 bits per heavy atom. The van der Waals surface area contributed by atoms with E-state index in [-0.39, 0.29) is 11.7 Å². The lowest BCUT2D eigenvalue weighted by Crippen LogP contribution is -2.14. The van der Waals surface area contributed by atoms with Crippen LogP contribution >= 0.6 is 23.1 Å². The zero-order chi connectivity index (χ0) is 21.7. The second-order valence-corrected chi connectivity index (χ2v) is 10.3. The number of thiophene rings is 1. The van der Waals surface area contributed by atoms with Crippen molar-refractivity contribution in [3.8, 4) is 0 Å². The lowest BCUT2D eigenvalue weighted by Gasteiger charge is -2.17. The van der Waals surface area contributed by atoms with E-state index in [2.05, 4.69) is 27.4 Å². The fourth-order valence-corrected chi connectivity index (χ4v) is 6.52. The number of carbonyl (C=O) groups is 1. The molecule has 0 spiro atoms. The highest BCUT2D eigenvalue weighted by Crippen LogP contribution is 2.39. The van der Waals surface area contributed by atoms with Crippen LogP contribution in [-0.2, 0) is 17.6 Å². The first-order valence-corrected chi connectivity index (χ1v) is 12.5. The van der Waals surface area contributed by atoms with Crippen molar-refractivity contribution >= 4 is 61.3 Å². The van der Waals surface area contributed by atoms with Crippen LogP contribution in [0.15, 0.2) is 53.9 Å². The largest absolute Gasteiger partial charge is 0.325 e. The third-order valence-corrected chi connectivity index (χ3v) is 8.17. The van der Waals surface area contributed by atoms with Crippen molar-refractivity contribution in [3.05, 3.63) is 59.2 Å². The third-order valence-electron chi connectivity index (χ3n) is 6.07. The van der Waals surface area contributed by atoms with Gasteiger partial charge in [-0.1, -0.05) is 55.1 Å². The molecule has 32 heavy (non-hydrogen) atoms. The van der Waals surface area contributed by atoms with Crippen LogP contribution in [-0.4, -0.2) is 31.2 Å². The summed E-state index contributed by atoms with van der Waals surface area (Å²) in [7, 11) is 0. The molecule has 0 bridgehead atoms. The number of aromatic nitrogens is 4. The Morgan fingerprint density at radius 1 is 1.22 bits per heavy atom. The van der Waals surface area contributed by atoms with Crippen molar-refractivity contribution in [2.24, 2.45) is 5.92 Å².